The van der Waals surface area contributed by atoms with Crippen molar-refractivity contribution in [2.75, 3.05) is 32.1 Å². The van der Waals surface area contributed by atoms with Crippen LogP contribution in [-0.2, 0) is 4.74 Å². The number of aliphatic hydroxyl groups is 1. The number of ether oxygens (including phenoxy) is 1. The van der Waals surface area contributed by atoms with Crippen LogP contribution in [0.3, 0.4) is 0 Å². The Labute approximate surface area is 111 Å². The number of benzene rings is 1. The average Bonchev–Trinajstić information content (AvgIpc) is 2.38. The van der Waals surface area contributed by atoms with Gasteiger partial charge in [-0.05, 0) is 12.1 Å². The fraction of sp³-hybridized carbons (Fsp3) is 0.500. The largest absolute Gasteiger partial charge is 0.379 e. The van der Waals surface area contributed by atoms with Crippen molar-refractivity contribution in [3.63, 3.8) is 0 Å². The van der Waals surface area contributed by atoms with E-state index in [9.17, 15) is 5.11 Å². The summed E-state index contributed by atoms with van der Waals surface area (Å²) in [5, 5.41) is 10.8. The highest BCUT2D eigenvalue weighted by Gasteiger charge is 2.18. The average molecular weight is 274 g/mol. The highest BCUT2D eigenvalue weighted by molar-refractivity contribution is 7.99. The lowest BCUT2D eigenvalue weighted by Crippen LogP contribution is -2.44. The summed E-state index contributed by atoms with van der Waals surface area (Å²) < 4.78 is 5.25. The lowest BCUT2D eigenvalue weighted by molar-refractivity contribution is -0.0467. The van der Waals surface area contributed by atoms with Gasteiger partial charge in [-0.25, -0.2) is 0 Å². The van der Waals surface area contributed by atoms with Crippen LogP contribution in [0.1, 0.15) is 0 Å². The number of nitrogens with zero attached hydrogens (tertiary/aromatic N) is 1. The summed E-state index contributed by atoms with van der Waals surface area (Å²) in [6.07, 6.45) is -0.430. The molecule has 1 fully saturated rings. The highest BCUT2D eigenvalue weighted by Crippen LogP contribution is 2.27. The van der Waals surface area contributed by atoms with Crippen LogP contribution in [0.25, 0.3) is 0 Å². The Hall–Kier alpha value is -0.260. The van der Waals surface area contributed by atoms with E-state index in [0.29, 0.717) is 19.0 Å². The Morgan fingerprint density at radius 3 is 2.76 bits per heavy atom. The normalized spacial score (nSPS) is 19.2. The van der Waals surface area contributed by atoms with Crippen molar-refractivity contribution in [1.82, 2.24) is 4.90 Å². The molecule has 5 heteroatoms. The van der Waals surface area contributed by atoms with Crippen LogP contribution in [0.4, 0.5) is 0 Å². The third kappa shape index (κ3) is 3.86. The maximum Gasteiger partial charge on any atom is 0.117 e. The van der Waals surface area contributed by atoms with E-state index in [1.54, 1.807) is 11.8 Å². The summed E-state index contributed by atoms with van der Waals surface area (Å²) in [7, 11) is 0. The first kappa shape index (κ1) is 13.2. The van der Waals surface area contributed by atoms with Crippen LogP contribution in [0.2, 0.25) is 5.02 Å². The summed E-state index contributed by atoms with van der Waals surface area (Å²) in [5.74, 6) is 0.629. The molecule has 1 aromatic rings. The van der Waals surface area contributed by atoms with Gasteiger partial charge in [0, 0.05) is 23.7 Å². The molecule has 3 nitrogen and oxygen atoms in total. The van der Waals surface area contributed by atoms with Crippen LogP contribution >= 0.6 is 23.4 Å². The molecule has 1 saturated heterocycles. The molecule has 0 spiro atoms. The van der Waals surface area contributed by atoms with E-state index in [1.807, 2.05) is 29.2 Å². The smallest absolute Gasteiger partial charge is 0.117 e. The van der Waals surface area contributed by atoms with Crippen LogP contribution in [0, 0.1) is 0 Å². The van der Waals surface area contributed by atoms with E-state index in [-0.39, 0.29) is 0 Å². The first-order valence-electron chi connectivity index (χ1n) is 5.64. The third-order valence-corrected chi connectivity index (χ3v) is 4.27. The molecule has 1 aromatic carbocycles. The van der Waals surface area contributed by atoms with Crippen molar-refractivity contribution in [1.29, 1.82) is 0 Å². The van der Waals surface area contributed by atoms with Gasteiger partial charge in [0.1, 0.15) is 6.23 Å². The predicted octanol–water partition coefficient (Wildman–Crippen LogP) is 2.08. The molecule has 1 N–H and O–H groups in total. The van der Waals surface area contributed by atoms with Gasteiger partial charge in [0.25, 0.3) is 0 Å². The van der Waals surface area contributed by atoms with Crippen molar-refractivity contribution in [2.45, 2.75) is 11.1 Å². The maximum absolute atomic E-state index is 10.0. The molecule has 2 rings (SSSR count). The summed E-state index contributed by atoms with van der Waals surface area (Å²) in [6.45, 7) is 3.00. The Bertz CT molecular complexity index is 358. The molecule has 17 heavy (non-hydrogen) atoms. The molecule has 1 atom stereocenters. The molecule has 0 aromatic heterocycles. The Balaban J connectivity index is 1.83. The number of aliphatic hydroxyl groups excluding tert-OH is 1. The van der Waals surface area contributed by atoms with Gasteiger partial charge in [0.2, 0.25) is 0 Å². The first-order chi connectivity index (χ1) is 8.27. The summed E-state index contributed by atoms with van der Waals surface area (Å²) in [4.78, 5) is 3.05. The van der Waals surface area contributed by atoms with E-state index in [4.69, 9.17) is 16.3 Å². The molecule has 0 aliphatic carbocycles. The van der Waals surface area contributed by atoms with Gasteiger partial charge in [-0.2, -0.15) is 0 Å². The van der Waals surface area contributed by atoms with Gasteiger partial charge >= 0.3 is 0 Å². The molecular weight excluding hydrogens is 258 g/mol. The predicted molar refractivity (Wildman–Crippen MR) is 70.6 cm³/mol. The Morgan fingerprint density at radius 1 is 1.35 bits per heavy atom. The zero-order chi connectivity index (χ0) is 12.1. The number of halogens is 1. The van der Waals surface area contributed by atoms with Crippen molar-refractivity contribution < 1.29 is 9.84 Å². The second kappa shape index (κ2) is 6.61. The second-order valence-electron chi connectivity index (χ2n) is 3.87. The van der Waals surface area contributed by atoms with Gasteiger partial charge in [0.05, 0.1) is 18.2 Å². The van der Waals surface area contributed by atoms with E-state index in [1.165, 1.54) is 0 Å². The van der Waals surface area contributed by atoms with E-state index < -0.39 is 6.23 Å². The number of hydrogen-bond acceptors (Lipinski definition) is 4. The highest BCUT2D eigenvalue weighted by atomic mass is 35.5. The second-order valence-corrected chi connectivity index (χ2v) is 5.34. The summed E-state index contributed by atoms with van der Waals surface area (Å²) in [5.41, 5.74) is 0. The fourth-order valence-electron chi connectivity index (χ4n) is 1.71. The molecule has 0 saturated carbocycles. The number of rotatable bonds is 4. The minimum absolute atomic E-state index is 0.430. The molecule has 1 unspecified atom stereocenters. The van der Waals surface area contributed by atoms with E-state index >= 15 is 0 Å². The molecule has 1 aliphatic heterocycles. The van der Waals surface area contributed by atoms with Crippen molar-refractivity contribution in [3.05, 3.63) is 29.3 Å². The van der Waals surface area contributed by atoms with Gasteiger partial charge < -0.3 is 9.84 Å². The molecular formula is C12H16ClNO2S. The van der Waals surface area contributed by atoms with Crippen LogP contribution in [0.15, 0.2) is 29.2 Å². The molecule has 1 aliphatic rings. The van der Waals surface area contributed by atoms with Crippen molar-refractivity contribution in [3.8, 4) is 0 Å². The van der Waals surface area contributed by atoms with E-state index in [2.05, 4.69) is 0 Å². The van der Waals surface area contributed by atoms with Gasteiger partial charge in [-0.1, -0.05) is 23.7 Å². The minimum Gasteiger partial charge on any atom is -0.379 e. The first-order valence-corrected chi connectivity index (χ1v) is 7.01. The maximum atomic E-state index is 10.0. The molecule has 0 radical (unpaired) electrons. The molecule has 0 amide bonds. The third-order valence-electron chi connectivity index (χ3n) is 2.69. The van der Waals surface area contributed by atoms with Crippen molar-refractivity contribution >= 4 is 23.4 Å². The van der Waals surface area contributed by atoms with Crippen LogP contribution in [-0.4, -0.2) is 48.3 Å². The number of thioether (sulfide) groups is 1. The Kier molecular flexibility index (Phi) is 5.13. The Morgan fingerprint density at radius 2 is 2.06 bits per heavy atom. The van der Waals surface area contributed by atoms with Gasteiger partial charge in [-0.3, -0.25) is 4.90 Å². The lowest BCUT2D eigenvalue weighted by Gasteiger charge is -2.30. The molecule has 0 bridgehead atoms. The van der Waals surface area contributed by atoms with Crippen LogP contribution < -0.4 is 0 Å². The van der Waals surface area contributed by atoms with Crippen molar-refractivity contribution in [2.24, 2.45) is 0 Å². The minimum atomic E-state index is -0.430. The standard InChI is InChI=1S/C12H16ClNO2S/c13-10-3-1-2-4-11(10)17-9-12(15)14-5-7-16-8-6-14/h1-4,12,15H,5-9H2. The summed E-state index contributed by atoms with van der Waals surface area (Å²) >= 11 is 7.64. The zero-order valence-electron chi connectivity index (χ0n) is 9.51. The van der Waals surface area contributed by atoms with Crippen LogP contribution in [0.5, 0.6) is 0 Å². The molecule has 1 heterocycles. The number of hydrogen-bond donors (Lipinski definition) is 1. The zero-order valence-corrected chi connectivity index (χ0v) is 11.1. The van der Waals surface area contributed by atoms with Gasteiger partial charge in [0.15, 0.2) is 0 Å². The SMILES string of the molecule is OC(CSc1ccccc1Cl)N1CCOCC1. The monoisotopic (exact) mass is 273 g/mol. The lowest BCUT2D eigenvalue weighted by atomic mass is 10.4. The summed E-state index contributed by atoms with van der Waals surface area (Å²) in [6, 6.07) is 7.70. The van der Waals surface area contributed by atoms with Gasteiger partial charge in [-0.15, -0.1) is 11.8 Å². The quantitative estimate of drug-likeness (QED) is 0.852. The topological polar surface area (TPSA) is 32.7 Å². The number of morpholine rings is 1. The van der Waals surface area contributed by atoms with E-state index in [0.717, 1.165) is 23.0 Å². The fourth-order valence-corrected chi connectivity index (χ4v) is 2.93. The molecule has 94 valence electrons.